The first kappa shape index (κ1) is 17.2. The summed E-state index contributed by atoms with van der Waals surface area (Å²) in [5, 5.41) is 9.31. The molecular formula is C16H13F3N4OS. The second-order valence-corrected chi connectivity index (χ2v) is 6.34. The van der Waals surface area contributed by atoms with Gasteiger partial charge >= 0.3 is 6.18 Å². The van der Waals surface area contributed by atoms with E-state index in [0.717, 1.165) is 15.6 Å². The first-order chi connectivity index (χ1) is 11.9. The van der Waals surface area contributed by atoms with Crippen LogP contribution in [-0.2, 0) is 12.7 Å². The fraction of sp³-hybridized carbons (Fsp3) is 0.188. The predicted molar refractivity (Wildman–Crippen MR) is 86.5 cm³/mol. The Balaban J connectivity index is 1.85. The van der Waals surface area contributed by atoms with Crippen molar-refractivity contribution in [1.29, 1.82) is 0 Å². The van der Waals surface area contributed by atoms with Crippen LogP contribution in [0.25, 0.3) is 5.69 Å². The van der Waals surface area contributed by atoms with Gasteiger partial charge in [-0.25, -0.2) is 4.68 Å². The number of hydrogen-bond acceptors (Lipinski definition) is 4. The van der Waals surface area contributed by atoms with Crippen molar-refractivity contribution in [3.05, 3.63) is 64.1 Å². The number of hydrogen-bond donors (Lipinski definition) is 0. The molecule has 5 nitrogen and oxygen atoms in total. The van der Waals surface area contributed by atoms with Gasteiger partial charge in [-0.15, -0.1) is 16.4 Å². The van der Waals surface area contributed by atoms with E-state index < -0.39 is 17.6 Å². The normalized spacial score (nSPS) is 11.5. The molecule has 25 heavy (non-hydrogen) atoms. The van der Waals surface area contributed by atoms with Crippen LogP contribution >= 0.6 is 11.3 Å². The molecule has 2 heterocycles. The Morgan fingerprint density at radius 2 is 2.00 bits per heavy atom. The molecule has 0 radical (unpaired) electrons. The molecule has 0 saturated heterocycles. The second kappa shape index (κ2) is 6.67. The summed E-state index contributed by atoms with van der Waals surface area (Å²) in [4.78, 5) is 14.8. The number of halogens is 3. The highest BCUT2D eigenvalue weighted by molar-refractivity contribution is 7.09. The molecule has 0 bridgehead atoms. The second-order valence-electron chi connectivity index (χ2n) is 5.30. The Labute approximate surface area is 145 Å². The van der Waals surface area contributed by atoms with Crippen LogP contribution in [0.3, 0.4) is 0 Å². The van der Waals surface area contributed by atoms with Crippen LogP contribution in [-0.4, -0.2) is 32.8 Å². The highest BCUT2D eigenvalue weighted by Crippen LogP contribution is 2.33. The van der Waals surface area contributed by atoms with Gasteiger partial charge < -0.3 is 4.90 Å². The molecule has 1 amide bonds. The van der Waals surface area contributed by atoms with Crippen molar-refractivity contribution >= 4 is 17.2 Å². The van der Waals surface area contributed by atoms with Crippen LogP contribution in [0, 0.1) is 0 Å². The number of amides is 1. The Kier molecular flexibility index (Phi) is 4.58. The van der Waals surface area contributed by atoms with E-state index in [4.69, 9.17) is 0 Å². The summed E-state index contributed by atoms with van der Waals surface area (Å²) in [6, 6.07) is 8.77. The van der Waals surface area contributed by atoms with E-state index in [0.29, 0.717) is 6.54 Å². The zero-order valence-electron chi connectivity index (χ0n) is 13.1. The molecule has 0 aliphatic carbocycles. The number of thiophene rings is 1. The van der Waals surface area contributed by atoms with Gasteiger partial charge in [0.05, 0.1) is 24.0 Å². The van der Waals surface area contributed by atoms with E-state index in [9.17, 15) is 18.0 Å². The lowest BCUT2D eigenvalue weighted by atomic mass is 10.1. The minimum absolute atomic E-state index is 0.0176. The zero-order chi connectivity index (χ0) is 18.0. The molecule has 9 heteroatoms. The van der Waals surface area contributed by atoms with E-state index >= 15 is 0 Å². The maximum atomic E-state index is 13.1. The third-order valence-electron chi connectivity index (χ3n) is 3.49. The lowest BCUT2D eigenvalue weighted by Gasteiger charge is -2.14. The molecule has 0 N–H and O–H groups in total. The topological polar surface area (TPSA) is 51.0 Å². The lowest BCUT2D eigenvalue weighted by molar-refractivity contribution is -0.137. The molecule has 1 aromatic carbocycles. The van der Waals surface area contributed by atoms with Gasteiger partial charge in [-0.3, -0.25) is 4.79 Å². The monoisotopic (exact) mass is 366 g/mol. The molecule has 0 unspecified atom stereocenters. The van der Waals surface area contributed by atoms with Gasteiger partial charge in [-0.05, 0) is 23.6 Å². The molecule has 2 aromatic heterocycles. The average molecular weight is 366 g/mol. The number of aromatic nitrogens is 3. The van der Waals surface area contributed by atoms with Gasteiger partial charge in [0.1, 0.15) is 0 Å². The van der Waals surface area contributed by atoms with Crippen LogP contribution in [0.5, 0.6) is 0 Å². The fourth-order valence-electron chi connectivity index (χ4n) is 2.30. The number of para-hydroxylation sites is 1. The minimum Gasteiger partial charge on any atom is -0.335 e. The third-order valence-corrected chi connectivity index (χ3v) is 4.35. The molecule has 130 valence electrons. The minimum atomic E-state index is -4.53. The molecular weight excluding hydrogens is 353 g/mol. The first-order valence-electron chi connectivity index (χ1n) is 7.23. The molecule has 0 saturated carbocycles. The number of carbonyl (C=O) groups is 1. The van der Waals surface area contributed by atoms with Gasteiger partial charge in [0, 0.05) is 11.9 Å². The van der Waals surface area contributed by atoms with E-state index in [1.54, 1.807) is 7.05 Å². The maximum Gasteiger partial charge on any atom is 0.418 e. The zero-order valence-corrected chi connectivity index (χ0v) is 13.9. The van der Waals surface area contributed by atoms with Gasteiger partial charge in [0.25, 0.3) is 5.91 Å². The predicted octanol–water partition coefficient (Wildman–Crippen LogP) is 3.62. The summed E-state index contributed by atoms with van der Waals surface area (Å²) in [6.45, 7) is 0.391. The summed E-state index contributed by atoms with van der Waals surface area (Å²) in [7, 11) is 1.60. The molecule has 0 spiro atoms. The molecule has 3 aromatic rings. The van der Waals surface area contributed by atoms with Crippen LogP contribution in [0.1, 0.15) is 20.9 Å². The summed E-state index contributed by atoms with van der Waals surface area (Å²) in [5.41, 5.74) is -1.04. The molecule has 0 aliphatic heterocycles. The van der Waals surface area contributed by atoms with Crippen molar-refractivity contribution in [3.8, 4) is 5.69 Å². The number of benzene rings is 1. The van der Waals surface area contributed by atoms with Crippen molar-refractivity contribution < 1.29 is 18.0 Å². The van der Waals surface area contributed by atoms with Gasteiger partial charge in [0.15, 0.2) is 5.69 Å². The van der Waals surface area contributed by atoms with Gasteiger partial charge in [-0.1, -0.05) is 23.4 Å². The van der Waals surface area contributed by atoms with E-state index in [1.165, 1.54) is 40.6 Å². The molecule has 0 aliphatic rings. The maximum absolute atomic E-state index is 13.1. The standard InChI is InChI=1S/C16H13F3N4OS/c1-22(9-11-5-4-8-25-11)15(24)13-10-23(21-20-13)14-7-3-2-6-12(14)16(17,18)19/h2-8,10H,9H2,1H3. The lowest BCUT2D eigenvalue weighted by Crippen LogP contribution is -2.26. The highest BCUT2D eigenvalue weighted by Gasteiger charge is 2.34. The van der Waals surface area contributed by atoms with Crippen molar-refractivity contribution in [2.75, 3.05) is 7.05 Å². The van der Waals surface area contributed by atoms with Gasteiger partial charge in [0.2, 0.25) is 0 Å². The molecule has 0 atom stereocenters. The smallest absolute Gasteiger partial charge is 0.335 e. The quantitative estimate of drug-likeness (QED) is 0.709. The summed E-state index contributed by atoms with van der Waals surface area (Å²) in [5.74, 6) is -0.413. The Morgan fingerprint density at radius 3 is 2.68 bits per heavy atom. The van der Waals surface area contributed by atoms with Crippen molar-refractivity contribution in [1.82, 2.24) is 19.9 Å². The average Bonchev–Trinajstić information content (AvgIpc) is 3.25. The van der Waals surface area contributed by atoms with Crippen molar-refractivity contribution in [3.63, 3.8) is 0 Å². The van der Waals surface area contributed by atoms with Crippen molar-refractivity contribution in [2.45, 2.75) is 12.7 Å². The van der Waals surface area contributed by atoms with Crippen LogP contribution in [0.2, 0.25) is 0 Å². The summed E-state index contributed by atoms with van der Waals surface area (Å²) < 4.78 is 40.3. The van der Waals surface area contributed by atoms with Gasteiger partial charge in [-0.2, -0.15) is 13.2 Å². The number of rotatable bonds is 4. The van der Waals surface area contributed by atoms with Crippen LogP contribution in [0.4, 0.5) is 13.2 Å². The Bertz CT molecular complexity index is 874. The van der Waals surface area contributed by atoms with E-state index in [1.807, 2.05) is 17.5 Å². The number of carbonyl (C=O) groups excluding carboxylic acids is 1. The summed E-state index contributed by atoms with van der Waals surface area (Å²) in [6.07, 6.45) is -3.32. The Morgan fingerprint density at radius 1 is 1.24 bits per heavy atom. The van der Waals surface area contributed by atoms with Crippen LogP contribution in [0.15, 0.2) is 48.0 Å². The van der Waals surface area contributed by atoms with E-state index in [-0.39, 0.29) is 11.4 Å². The SMILES string of the molecule is CN(Cc1cccs1)C(=O)c1cn(-c2ccccc2C(F)(F)F)nn1. The molecule has 0 fully saturated rings. The third kappa shape index (κ3) is 3.71. The van der Waals surface area contributed by atoms with E-state index in [2.05, 4.69) is 10.3 Å². The Hall–Kier alpha value is -2.68. The van der Waals surface area contributed by atoms with Crippen molar-refractivity contribution in [2.24, 2.45) is 0 Å². The number of alkyl halides is 3. The summed E-state index contributed by atoms with van der Waals surface area (Å²) >= 11 is 1.51. The van der Waals surface area contributed by atoms with Crippen LogP contribution < -0.4 is 0 Å². The molecule has 3 rings (SSSR count). The largest absolute Gasteiger partial charge is 0.418 e. The fourth-order valence-corrected chi connectivity index (χ4v) is 3.05. The highest BCUT2D eigenvalue weighted by atomic mass is 32.1. The first-order valence-corrected chi connectivity index (χ1v) is 8.11. The number of nitrogens with zero attached hydrogens (tertiary/aromatic N) is 4.